The zero-order valence-corrected chi connectivity index (χ0v) is 50.4. The van der Waals surface area contributed by atoms with Crippen LogP contribution in [0.15, 0.2) is 334 Å². The van der Waals surface area contributed by atoms with Gasteiger partial charge in [0.05, 0.1) is 78.5 Å². The molecule has 0 aliphatic carbocycles. The third-order valence-electron chi connectivity index (χ3n) is 18.3. The summed E-state index contributed by atoms with van der Waals surface area (Å²) in [6, 6.07) is 119. The van der Waals surface area contributed by atoms with Crippen LogP contribution in [0.5, 0.6) is 0 Å². The highest BCUT2D eigenvalue weighted by Crippen LogP contribution is 2.51. The van der Waals surface area contributed by atoms with Gasteiger partial charge in [-0.15, -0.1) is 0 Å². The van der Waals surface area contributed by atoms with E-state index >= 15 is 0 Å². The average Bonchev–Trinajstić information content (AvgIpc) is 1.65. The standard InChI is InChI=1S/C86H55N7/c1-7-27-56(28-8-1)62-47-49-79-68(51-62)66-41-21-25-45-77(66)92(79)83-70(73-54-71(58-31-11-3-12-32-58)87-85(89-73)60-35-15-5-16-36-60)53-81(91-75-43-23-19-39-64(75)65-40-20-24-44-76(65)91)84(82(83)74-55-72(59-33-13-4-14-34-59)88-86(90-74)61-37-17-6-18-38-61)93-78-46-26-22-42-67(78)69-52-63(48-50-80(69)93)57-29-9-2-10-30-57/h1-55H. The lowest BCUT2D eigenvalue weighted by Gasteiger charge is -2.27. The zero-order chi connectivity index (χ0) is 61.3. The van der Waals surface area contributed by atoms with Crippen molar-refractivity contribution in [2.24, 2.45) is 0 Å². The summed E-state index contributed by atoms with van der Waals surface area (Å²) in [4.78, 5) is 22.9. The molecule has 0 saturated heterocycles. The van der Waals surface area contributed by atoms with Gasteiger partial charge >= 0.3 is 0 Å². The van der Waals surface area contributed by atoms with Crippen LogP contribution in [-0.2, 0) is 0 Å². The Morgan fingerprint density at radius 1 is 0.194 bits per heavy atom. The van der Waals surface area contributed by atoms with E-state index in [1.54, 1.807) is 0 Å². The molecule has 0 unspecified atom stereocenters. The first-order chi connectivity index (χ1) is 46.1. The normalized spacial score (nSPS) is 11.7. The molecule has 5 aromatic heterocycles. The summed E-state index contributed by atoms with van der Waals surface area (Å²) in [5.41, 5.74) is 22.0. The highest BCUT2D eigenvalue weighted by molar-refractivity contribution is 6.16. The molecule has 0 bridgehead atoms. The summed E-state index contributed by atoms with van der Waals surface area (Å²) in [5.74, 6) is 1.20. The SMILES string of the molecule is c1ccc(-c2ccc3c(c2)c2ccccc2n3-c2c(-c3cc(-c4ccccc4)nc(-c4ccccc4)n3)cc(-n3c4ccccc4c4ccccc43)c(-n3c4ccccc4c4cc(-c5ccccc5)ccc43)c2-c2cc(-c3ccccc3)nc(-c3ccccc3)n2)cc1. The predicted octanol–water partition coefficient (Wildman–Crippen LogP) is 21.9. The molecule has 0 fully saturated rings. The number of fused-ring (bicyclic) bond motifs is 9. The maximum absolute atomic E-state index is 6.00. The van der Waals surface area contributed by atoms with Crippen molar-refractivity contribution < 1.29 is 0 Å². The lowest BCUT2D eigenvalue weighted by atomic mass is 9.94. The van der Waals surface area contributed by atoms with Gasteiger partial charge < -0.3 is 13.7 Å². The molecule has 13 aromatic carbocycles. The number of benzene rings is 13. The van der Waals surface area contributed by atoms with Crippen molar-refractivity contribution >= 4 is 65.4 Å². The minimum Gasteiger partial charge on any atom is -0.308 e. The quantitative estimate of drug-likeness (QED) is 0.129. The topological polar surface area (TPSA) is 66.3 Å². The second-order valence-corrected chi connectivity index (χ2v) is 23.7. The van der Waals surface area contributed by atoms with Crippen molar-refractivity contribution in [3.05, 3.63) is 334 Å². The first-order valence-corrected chi connectivity index (χ1v) is 31.5. The third kappa shape index (κ3) is 9.04. The van der Waals surface area contributed by atoms with E-state index in [2.05, 4.69) is 341 Å². The zero-order valence-electron chi connectivity index (χ0n) is 50.4. The average molecular weight is 1190 g/mol. The molecule has 93 heavy (non-hydrogen) atoms. The Morgan fingerprint density at radius 2 is 0.505 bits per heavy atom. The van der Waals surface area contributed by atoms with E-state index in [9.17, 15) is 0 Å². The fraction of sp³-hybridized carbons (Fsp3) is 0. The van der Waals surface area contributed by atoms with E-state index in [0.717, 1.165) is 161 Å². The summed E-state index contributed by atoms with van der Waals surface area (Å²) >= 11 is 0. The number of hydrogen-bond acceptors (Lipinski definition) is 4. The molecule has 7 heteroatoms. The van der Waals surface area contributed by atoms with Crippen molar-refractivity contribution in [2.45, 2.75) is 0 Å². The van der Waals surface area contributed by atoms with Gasteiger partial charge in [0.1, 0.15) is 0 Å². The molecule has 0 atom stereocenters. The smallest absolute Gasteiger partial charge is 0.160 e. The van der Waals surface area contributed by atoms with Gasteiger partial charge in [-0.25, -0.2) is 19.9 Å². The Bertz CT molecular complexity index is 5730. The van der Waals surface area contributed by atoms with Crippen LogP contribution in [0, 0.1) is 0 Å². The molecule has 0 aliphatic heterocycles. The van der Waals surface area contributed by atoms with Crippen LogP contribution in [0.25, 0.3) is 173 Å². The molecule has 7 nitrogen and oxygen atoms in total. The van der Waals surface area contributed by atoms with Crippen molar-refractivity contribution in [2.75, 3.05) is 0 Å². The maximum Gasteiger partial charge on any atom is 0.160 e. The minimum absolute atomic E-state index is 0.594. The molecule has 0 spiro atoms. The van der Waals surface area contributed by atoms with Crippen molar-refractivity contribution in [1.82, 2.24) is 33.6 Å². The fourth-order valence-electron chi connectivity index (χ4n) is 14.1. The molecule has 18 aromatic rings. The van der Waals surface area contributed by atoms with Crippen molar-refractivity contribution in [1.29, 1.82) is 0 Å². The number of aromatic nitrogens is 7. The molecule has 434 valence electrons. The summed E-state index contributed by atoms with van der Waals surface area (Å²) in [6.45, 7) is 0. The Labute approximate surface area is 536 Å². The van der Waals surface area contributed by atoms with E-state index in [1.807, 2.05) is 6.07 Å². The van der Waals surface area contributed by atoms with Crippen LogP contribution >= 0.6 is 0 Å². The predicted molar refractivity (Wildman–Crippen MR) is 384 cm³/mol. The van der Waals surface area contributed by atoms with Gasteiger partial charge in [-0.05, 0) is 89.0 Å². The number of rotatable bonds is 11. The molecule has 0 amide bonds. The highest BCUT2D eigenvalue weighted by atomic mass is 15.1. The van der Waals surface area contributed by atoms with Gasteiger partial charge in [-0.1, -0.05) is 267 Å². The van der Waals surface area contributed by atoms with E-state index in [0.29, 0.717) is 11.6 Å². The summed E-state index contributed by atoms with van der Waals surface area (Å²) in [6.07, 6.45) is 0. The van der Waals surface area contributed by atoms with Crippen LogP contribution in [0.4, 0.5) is 0 Å². The second kappa shape index (κ2) is 22.2. The van der Waals surface area contributed by atoms with Crippen molar-refractivity contribution in [3.8, 4) is 107 Å². The highest BCUT2D eigenvalue weighted by Gasteiger charge is 2.32. The summed E-state index contributed by atoms with van der Waals surface area (Å²) in [7, 11) is 0. The number of nitrogens with zero attached hydrogens (tertiary/aromatic N) is 7. The first-order valence-electron chi connectivity index (χ1n) is 31.5. The molecular weight excluding hydrogens is 1130 g/mol. The lowest BCUT2D eigenvalue weighted by Crippen LogP contribution is -2.12. The molecule has 0 N–H and O–H groups in total. The lowest BCUT2D eigenvalue weighted by molar-refractivity contribution is 1.07. The van der Waals surface area contributed by atoms with Crippen LogP contribution in [-0.4, -0.2) is 33.6 Å². The van der Waals surface area contributed by atoms with E-state index in [1.165, 1.54) is 0 Å². The number of para-hydroxylation sites is 4. The maximum atomic E-state index is 6.00. The summed E-state index contributed by atoms with van der Waals surface area (Å²) in [5, 5.41) is 6.73. The first kappa shape index (κ1) is 53.4. The molecule has 0 saturated carbocycles. The molecule has 0 radical (unpaired) electrons. The third-order valence-corrected chi connectivity index (χ3v) is 18.3. The molecular formula is C86H55N7. The van der Waals surface area contributed by atoms with Crippen LogP contribution in [0.1, 0.15) is 0 Å². The van der Waals surface area contributed by atoms with E-state index < -0.39 is 0 Å². The molecule has 0 aliphatic rings. The van der Waals surface area contributed by atoms with Gasteiger partial charge in [-0.3, -0.25) is 0 Å². The van der Waals surface area contributed by atoms with Crippen LogP contribution in [0.2, 0.25) is 0 Å². The summed E-state index contributed by atoms with van der Waals surface area (Å²) < 4.78 is 7.52. The monoisotopic (exact) mass is 1190 g/mol. The van der Waals surface area contributed by atoms with Crippen LogP contribution in [0.3, 0.4) is 0 Å². The van der Waals surface area contributed by atoms with Gasteiger partial charge in [-0.2, -0.15) is 0 Å². The van der Waals surface area contributed by atoms with Gasteiger partial charge in [0.15, 0.2) is 11.6 Å². The molecule has 18 rings (SSSR count). The number of hydrogen-bond donors (Lipinski definition) is 0. The van der Waals surface area contributed by atoms with Gasteiger partial charge in [0, 0.05) is 60.1 Å². The largest absolute Gasteiger partial charge is 0.308 e. The van der Waals surface area contributed by atoms with Gasteiger partial charge in [0.25, 0.3) is 0 Å². The van der Waals surface area contributed by atoms with E-state index in [4.69, 9.17) is 19.9 Å². The fourth-order valence-corrected chi connectivity index (χ4v) is 14.1. The Kier molecular flexibility index (Phi) is 12.7. The Hall–Kier alpha value is -12.6. The van der Waals surface area contributed by atoms with Crippen LogP contribution < -0.4 is 0 Å². The Morgan fingerprint density at radius 3 is 0.935 bits per heavy atom. The Balaban J connectivity index is 1.12. The van der Waals surface area contributed by atoms with E-state index in [-0.39, 0.29) is 0 Å². The molecule has 5 heterocycles. The second-order valence-electron chi connectivity index (χ2n) is 23.7. The van der Waals surface area contributed by atoms with Gasteiger partial charge in [0.2, 0.25) is 0 Å². The van der Waals surface area contributed by atoms with Crippen molar-refractivity contribution in [3.63, 3.8) is 0 Å². The minimum atomic E-state index is 0.594.